The van der Waals surface area contributed by atoms with Gasteiger partial charge >= 0.3 is 5.97 Å². The molecule has 0 radical (unpaired) electrons. The van der Waals surface area contributed by atoms with Crippen LogP contribution in [-0.2, 0) is 9.53 Å². The molecule has 0 aliphatic heterocycles. The van der Waals surface area contributed by atoms with Crippen LogP contribution in [0.3, 0.4) is 0 Å². The Labute approximate surface area is 73.7 Å². The summed E-state index contributed by atoms with van der Waals surface area (Å²) in [5.41, 5.74) is 0. The second-order valence-electron chi connectivity index (χ2n) is 2.91. The Morgan fingerprint density at radius 3 is 2.58 bits per heavy atom. The van der Waals surface area contributed by atoms with Crippen molar-refractivity contribution >= 4 is 5.97 Å². The minimum absolute atomic E-state index is 0.419. The highest BCUT2D eigenvalue weighted by Gasteiger charge is 2.05. The molecule has 12 heavy (non-hydrogen) atoms. The van der Waals surface area contributed by atoms with Gasteiger partial charge in [0.1, 0.15) is 0 Å². The standard InChI is InChI=1S/C9H18O3/c1-3-4-5-6-7-9(11)12-8(2)10/h9,11H,3-7H2,1-2H3. The average Bonchev–Trinajstić information content (AvgIpc) is 1.97. The third-order valence-corrected chi connectivity index (χ3v) is 1.61. The molecule has 0 saturated heterocycles. The van der Waals surface area contributed by atoms with Crippen LogP contribution in [0.4, 0.5) is 0 Å². The number of unbranched alkanes of at least 4 members (excludes halogenated alkanes) is 3. The number of hydrogen-bond acceptors (Lipinski definition) is 3. The zero-order chi connectivity index (χ0) is 9.40. The Morgan fingerprint density at radius 2 is 2.08 bits per heavy atom. The summed E-state index contributed by atoms with van der Waals surface area (Å²) >= 11 is 0. The van der Waals surface area contributed by atoms with Gasteiger partial charge in [0.2, 0.25) is 6.29 Å². The van der Waals surface area contributed by atoms with E-state index in [2.05, 4.69) is 11.7 Å². The highest BCUT2D eigenvalue weighted by molar-refractivity contribution is 5.65. The zero-order valence-electron chi connectivity index (χ0n) is 7.88. The van der Waals surface area contributed by atoms with Crippen LogP contribution in [0.5, 0.6) is 0 Å². The maximum Gasteiger partial charge on any atom is 0.304 e. The topological polar surface area (TPSA) is 46.5 Å². The first-order valence-corrected chi connectivity index (χ1v) is 4.52. The van der Waals surface area contributed by atoms with Gasteiger partial charge in [-0.3, -0.25) is 4.79 Å². The van der Waals surface area contributed by atoms with Crippen molar-refractivity contribution in [1.82, 2.24) is 0 Å². The number of hydrogen-bond donors (Lipinski definition) is 1. The molecule has 0 fully saturated rings. The summed E-state index contributed by atoms with van der Waals surface area (Å²) in [7, 11) is 0. The SMILES string of the molecule is CCCCCCC(O)OC(C)=O. The minimum Gasteiger partial charge on any atom is -0.436 e. The molecule has 0 bridgehead atoms. The van der Waals surface area contributed by atoms with E-state index in [0.717, 1.165) is 12.8 Å². The van der Waals surface area contributed by atoms with E-state index >= 15 is 0 Å². The third kappa shape index (κ3) is 7.54. The van der Waals surface area contributed by atoms with Crippen molar-refractivity contribution in [2.45, 2.75) is 52.2 Å². The summed E-state index contributed by atoms with van der Waals surface area (Å²) < 4.78 is 4.55. The Bertz CT molecular complexity index is 123. The van der Waals surface area contributed by atoms with Crippen LogP contribution >= 0.6 is 0 Å². The number of ether oxygens (including phenoxy) is 1. The fourth-order valence-electron chi connectivity index (χ4n) is 0.996. The largest absolute Gasteiger partial charge is 0.436 e. The van der Waals surface area contributed by atoms with E-state index in [4.69, 9.17) is 5.11 Å². The molecule has 0 spiro atoms. The fourth-order valence-corrected chi connectivity index (χ4v) is 0.996. The second-order valence-corrected chi connectivity index (χ2v) is 2.91. The Morgan fingerprint density at radius 1 is 1.42 bits per heavy atom. The van der Waals surface area contributed by atoms with Crippen LogP contribution in [0.2, 0.25) is 0 Å². The minimum atomic E-state index is -0.903. The van der Waals surface area contributed by atoms with Gasteiger partial charge in [-0.15, -0.1) is 0 Å². The van der Waals surface area contributed by atoms with Crippen LogP contribution in [0.25, 0.3) is 0 Å². The van der Waals surface area contributed by atoms with Crippen molar-refractivity contribution in [1.29, 1.82) is 0 Å². The van der Waals surface area contributed by atoms with Gasteiger partial charge in [-0.05, 0) is 6.42 Å². The van der Waals surface area contributed by atoms with Crippen molar-refractivity contribution in [2.24, 2.45) is 0 Å². The van der Waals surface area contributed by atoms with E-state index < -0.39 is 12.3 Å². The van der Waals surface area contributed by atoms with Gasteiger partial charge in [0.05, 0.1) is 0 Å². The molecule has 1 N–H and O–H groups in total. The highest BCUT2D eigenvalue weighted by Crippen LogP contribution is 2.06. The summed E-state index contributed by atoms with van der Waals surface area (Å²) in [6.45, 7) is 3.43. The lowest BCUT2D eigenvalue weighted by atomic mass is 10.1. The summed E-state index contributed by atoms with van der Waals surface area (Å²) in [5, 5.41) is 9.08. The van der Waals surface area contributed by atoms with E-state index in [1.165, 1.54) is 19.8 Å². The molecule has 72 valence electrons. The van der Waals surface area contributed by atoms with Gasteiger partial charge in [-0.2, -0.15) is 0 Å². The Hall–Kier alpha value is -0.570. The summed E-state index contributed by atoms with van der Waals surface area (Å²) in [6.07, 6.45) is 4.01. The van der Waals surface area contributed by atoms with E-state index in [-0.39, 0.29) is 0 Å². The van der Waals surface area contributed by atoms with Crippen LogP contribution in [0, 0.1) is 0 Å². The third-order valence-electron chi connectivity index (χ3n) is 1.61. The smallest absolute Gasteiger partial charge is 0.304 e. The first kappa shape index (κ1) is 11.4. The second kappa shape index (κ2) is 7.10. The summed E-state index contributed by atoms with van der Waals surface area (Å²) in [4.78, 5) is 10.4. The number of rotatable bonds is 6. The van der Waals surface area contributed by atoms with Crippen LogP contribution in [0.1, 0.15) is 46.0 Å². The van der Waals surface area contributed by atoms with Crippen molar-refractivity contribution < 1.29 is 14.6 Å². The molecule has 0 aromatic heterocycles. The number of aliphatic hydroxyl groups excluding tert-OH is 1. The number of carbonyl (C=O) groups excluding carboxylic acids is 1. The molecule has 0 aliphatic rings. The molecule has 3 nitrogen and oxygen atoms in total. The van der Waals surface area contributed by atoms with E-state index in [1.807, 2.05) is 0 Å². The quantitative estimate of drug-likeness (QED) is 0.379. The van der Waals surface area contributed by atoms with E-state index in [1.54, 1.807) is 0 Å². The van der Waals surface area contributed by atoms with Crippen LogP contribution < -0.4 is 0 Å². The first-order chi connectivity index (χ1) is 5.66. The van der Waals surface area contributed by atoms with Crippen LogP contribution in [0.15, 0.2) is 0 Å². The van der Waals surface area contributed by atoms with Crippen molar-refractivity contribution in [3.63, 3.8) is 0 Å². The van der Waals surface area contributed by atoms with Gasteiger partial charge in [-0.25, -0.2) is 0 Å². The molecule has 0 saturated carbocycles. The zero-order valence-corrected chi connectivity index (χ0v) is 7.88. The normalized spacial score (nSPS) is 12.6. The van der Waals surface area contributed by atoms with Gasteiger partial charge < -0.3 is 9.84 Å². The van der Waals surface area contributed by atoms with Gasteiger partial charge in [0.25, 0.3) is 0 Å². The van der Waals surface area contributed by atoms with E-state index in [0.29, 0.717) is 6.42 Å². The number of aliphatic hydroxyl groups is 1. The molecule has 0 aliphatic carbocycles. The van der Waals surface area contributed by atoms with Gasteiger partial charge in [-0.1, -0.05) is 26.2 Å². The van der Waals surface area contributed by atoms with Crippen molar-refractivity contribution in [2.75, 3.05) is 0 Å². The molecule has 3 heteroatoms. The lowest BCUT2D eigenvalue weighted by molar-refractivity contribution is -0.165. The maximum absolute atomic E-state index is 10.4. The summed E-state index contributed by atoms with van der Waals surface area (Å²) in [5.74, 6) is -0.419. The first-order valence-electron chi connectivity index (χ1n) is 4.52. The molecule has 0 amide bonds. The highest BCUT2D eigenvalue weighted by atomic mass is 16.6. The molecule has 1 atom stereocenters. The molecule has 0 rings (SSSR count). The van der Waals surface area contributed by atoms with Gasteiger partial charge in [0.15, 0.2) is 0 Å². The Kier molecular flexibility index (Phi) is 6.76. The average molecular weight is 174 g/mol. The monoisotopic (exact) mass is 174 g/mol. The fraction of sp³-hybridized carbons (Fsp3) is 0.889. The molecular weight excluding hydrogens is 156 g/mol. The maximum atomic E-state index is 10.4. The molecule has 0 aromatic carbocycles. The predicted octanol–water partition coefficient (Wildman–Crippen LogP) is 1.84. The van der Waals surface area contributed by atoms with Crippen LogP contribution in [-0.4, -0.2) is 17.4 Å². The molecular formula is C9H18O3. The van der Waals surface area contributed by atoms with Crippen molar-refractivity contribution in [3.8, 4) is 0 Å². The van der Waals surface area contributed by atoms with Gasteiger partial charge in [0, 0.05) is 13.3 Å². The lowest BCUT2D eigenvalue weighted by Crippen LogP contribution is -2.14. The van der Waals surface area contributed by atoms with E-state index in [9.17, 15) is 4.79 Å². The molecule has 0 heterocycles. The lowest BCUT2D eigenvalue weighted by Gasteiger charge is -2.09. The number of esters is 1. The Balaban J connectivity index is 3.19. The summed E-state index contributed by atoms with van der Waals surface area (Å²) in [6, 6.07) is 0. The predicted molar refractivity (Wildman–Crippen MR) is 46.5 cm³/mol. The molecule has 1 unspecified atom stereocenters. The number of carbonyl (C=O) groups is 1. The molecule has 0 aromatic rings. The van der Waals surface area contributed by atoms with Crippen molar-refractivity contribution in [3.05, 3.63) is 0 Å².